The third-order valence-electron chi connectivity index (χ3n) is 4.76. The maximum atomic E-state index is 13.2. The van der Waals surface area contributed by atoms with E-state index >= 15 is 0 Å². The third kappa shape index (κ3) is 5.15. The van der Waals surface area contributed by atoms with Gasteiger partial charge in [-0.15, -0.1) is 0 Å². The Morgan fingerprint density at radius 2 is 1.70 bits per heavy atom. The molecule has 0 fully saturated rings. The zero-order chi connectivity index (χ0) is 23.4. The number of anilines is 5. The van der Waals surface area contributed by atoms with Crippen LogP contribution in [0.3, 0.4) is 0 Å². The van der Waals surface area contributed by atoms with E-state index in [1.54, 1.807) is 17.2 Å². The Bertz CT molecular complexity index is 1240. The fraction of sp³-hybridized carbons (Fsp3) is 0.0870. The summed E-state index contributed by atoms with van der Waals surface area (Å²) in [5.41, 5.74) is 6.69. The standard InChI is InChI=1S/C23H18ClF3N6/c24-18-10-9-16(12-17(18)23(25,26)27)32-21-20(28)22(31-14-30-21)33(19-8-4-5-11-29-19)13-15-6-2-1-3-7-15/h1-12,14H,13,28H2,(H,30,31,32). The van der Waals surface area contributed by atoms with E-state index in [9.17, 15) is 13.2 Å². The molecule has 4 rings (SSSR count). The predicted molar refractivity (Wildman–Crippen MR) is 123 cm³/mol. The molecule has 3 N–H and O–H groups in total. The lowest BCUT2D eigenvalue weighted by Gasteiger charge is -2.25. The summed E-state index contributed by atoms with van der Waals surface area (Å²) in [6.07, 6.45) is -1.66. The van der Waals surface area contributed by atoms with Gasteiger partial charge in [0.1, 0.15) is 17.8 Å². The third-order valence-corrected chi connectivity index (χ3v) is 5.09. The Kier molecular flexibility index (Phi) is 6.32. The van der Waals surface area contributed by atoms with Crippen molar-refractivity contribution in [1.82, 2.24) is 15.0 Å². The van der Waals surface area contributed by atoms with Crippen molar-refractivity contribution in [2.45, 2.75) is 12.7 Å². The normalized spacial score (nSPS) is 11.3. The van der Waals surface area contributed by atoms with Crippen LogP contribution >= 0.6 is 11.6 Å². The SMILES string of the molecule is Nc1c(Nc2ccc(Cl)c(C(F)(F)F)c2)ncnc1N(Cc1ccccc1)c1ccccn1. The summed E-state index contributed by atoms with van der Waals surface area (Å²) < 4.78 is 39.7. The minimum absolute atomic E-state index is 0.135. The second kappa shape index (κ2) is 9.33. The first kappa shape index (κ1) is 22.3. The molecule has 6 nitrogen and oxygen atoms in total. The number of rotatable bonds is 6. The molecule has 0 aliphatic carbocycles. The monoisotopic (exact) mass is 470 g/mol. The van der Waals surface area contributed by atoms with Crippen LogP contribution in [-0.2, 0) is 12.7 Å². The van der Waals surface area contributed by atoms with Gasteiger partial charge in [-0.05, 0) is 35.9 Å². The number of nitrogens with zero attached hydrogens (tertiary/aromatic N) is 4. The molecule has 0 saturated heterocycles. The van der Waals surface area contributed by atoms with Gasteiger partial charge in [0.05, 0.1) is 17.1 Å². The van der Waals surface area contributed by atoms with Crippen LogP contribution in [0.2, 0.25) is 5.02 Å². The zero-order valence-corrected chi connectivity index (χ0v) is 17.8. The number of pyridine rings is 1. The van der Waals surface area contributed by atoms with Crippen molar-refractivity contribution < 1.29 is 13.2 Å². The van der Waals surface area contributed by atoms with Crippen LogP contribution in [0.25, 0.3) is 0 Å². The lowest BCUT2D eigenvalue weighted by atomic mass is 10.2. The van der Waals surface area contributed by atoms with E-state index in [-0.39, 0.29) is 17.2 Å². The smallest absolute Gasteiger partial charge is 0.393 e. The summed E-state index contributed by atoms with van der Waals surface area (Å²) >= 11 is 5.72. The van der Waals surface area contributed by atoms with Crippen molar-refractivity contribution in [3.05, 3.63) is 95.4 Å². The quantitative estimate of drug-likeness (QED) is 0.349. The second-order valence-electron chi connectivity index (χ2n) is 7.04. The first-order valence-corrected chi connectivity index (χ1v) is 10.2. The van der Waals surface area contributed by atoms with Gasteiger partial charge in [0.15, 0.2) is 11.6 Å². The topological polar surface area (TPSA) is 80.0 Å². The van der Waals surface area contributed by atoms with Crippen molar-refractivity contribution >= 4 is 40.4 Å². The molecule has 0 amide bonds. The maximum Gasteiger partial charge on any atom is 0.417 e. The molecule has 33 heavy (non-hydrogen) atoms. The average Bonchev–Trinajstić information content (AvgIpc) is 2.81. The van der Waals surface area contributed by atoms with Crippen LogP contribution in [0.15, 0.2) is 79.3 Å². The van der Waals surface area contributed by atoms with Gasteiger partial charge in [0.25, 0.3) is 0 Å². The van der Waals surface area contributed by atoms with Crippen LogP contribution in [0.5, 0.6) is 0 Å². The lowest BCUT2D eigenvalue weighted by molar-refractivity contribution is -0.137. The van der Waals surface area contributed by atoms with Crippen LogP contribution in [0.4, 0.5) is 42.0 Å². The van der Waals surface area contributed by atoms with Gasteiger partial charge in [-0.25, -0.2) is 15.0 Å². The largest absolute Gasteiger partial charge is 0.417 e. The molecule has 10 heteroatoms. The predicted octanol–water partition coefficient (Wildman–Crippen LogP) is 6.21. The summed E-state index contributed by atoms with van der Waals surface area (Å²) in [5.74, 6) is 1.12. The summed E-state index contributed by atoms with van der Waals surface area (Å²) in [6.45, 7) is 0.414. The van der Waals surface area contributed by atoms with E-state index in [1.807, 2.05) is 42.5 Å². The Balaban J connectivity index is 1.71. The Morgan fingerprint density at radius 3 is 2.39 bits per heavy atom. The molecule has 0 unspecified atom stereocenters. The van der Waals surface area contributed by atoms with Crippen LogP contribution in [0, 0.1) is 0 Å². The van der Waals surface area contributed by atoms with E-state index < -0.39 is 16.8 Å². The minimum atomic E-state index is -4.59. The summed E-state index contributed by atoms with van der Waals surface area (Å²) in [4.78, 5) is 14.7. The van der Waals surface area contributed by atoms with Crippen molar-refractivity contribution in [2.75, 3.05) is 16.0 Å². The summed E-state index contributed by atoms with van der Waals surface area (Å²) in [7, 11) is 0. The van der Waals surface area contributed by atoms with Gasteiger partial charge in [0, 0.05) is 11.9 Å². The Labute approximate surface area is 192 Å². The van der Waals surface area contributed by atoms with Crippen molar-refractivity contribution in [3.63, 3.8) is 0 Å². The molecule has 0 atom stereocenters. The van der Waals surface area contributed by atoms with Gasteiger partial charge in [0.2, 0.25) is 0 Å². The molecule has 0 radical (unpaired) electrons. The maximum absolute atomic E-state index is 13.2. The van der Waals surface area contributed by atoms with Gasteiger partial charge >= 0.3 is 6.18 Å². The van der Waals surface area contributed by atoms with Gasteiger partial charge in [-0.1, -0.05) is 48.0 Å². The number of nitrogen functional groups attached to an aromatic ring is 1. The number of aromatic nitrogens is 3. The van der Waals surface area contributed by atoms with Crippen LogP contribution in [-0.4, -0.2) is 15.0 Å². The van der Waals surface area contributed by atoms with E-state index in [1.165, 1.54) is 18.5 Å². The van der Waals surface area contributed by atoms with E-state index in [0.29, 0.717) is 18.2 Å². The van der Waals surface area contributed by atoms with E-state index in [0.717, 1.165) is 11.6 Å². The van der Waals surface area contributed by atoms with E-state index in [4.69, 9.17) is 17.3 Å². The molecule has 168 valence electrons. The minimum Gasteiger partial charge on any atom is -0.393 e. The molecule has 2 aromatic heterocycles. The molecule has 0 bridgehead atoms. The van der Waals surface area contributed by atoms with Gasteiger partial charge < -0.3 is 16.0 Å². The summed E-state index contributed by atoms with van der Waals surface area (Å²) in [5, 5.41) is 2.45. The van der Waals surface area contributed by atoms with E-state index in [2.05, 4.69) is 20.3 Å². The average molecular weight is 471 g/mol. The Hall–Kier alpha value is -3.85. The first-order valence-electron chi connectivity index (χ1n) is 9.79. The highest BCUT2D eigenvalue weighted by molar-refractivity contribution is 6.31. The number of nitrogens with two attached hydrogens (primary N) is 1. The van der Waals surface area contributed by atoms with Crippen LogP contribution < -0.4 is 16.0 Å². The molecule has 0 aliphatic heterocycles. The number of hydrogen-bond donors (Lipinski definition) is 2. The molecule has 2 aromatic carbocycles. The molecule has 0 aliphatic rings. The molecule has 4 aromatic rings. The Morgan fingerprint density at radius 1 is 0.939 bits per heavy atom. The van der Waals surface area contributed by atoms with Crippen LogP contribution in [0.1, 0.15) is 11.1 Å². The van der Waals surface area contributed by atoms with Crippen molar-refractivity contribution in [3.8, 4) is 0 Å². The number of halogens is 4. The number of alkyl halides is 3. The summed E-state index contributed by atoms with van der Waals surface area (Å²) in [6, 6.07) is 18.6. The second-order valence-corrected chi connectivity index (χ2v) is 7.44. The fourth-order valence-electron chi connectivity index (χ4n) is 3.20. The molecular weight excluding hydrogens is 453 g/mol. The van der Waals surface area contributed by atoms with Crippen molar-refractivity contribution in [2.24, 2.45) is 0 Å². The molecular formula is C23H18ClF3N6. The fourth-order valence-corrected chi connectivity index (χ4v) is 3.43. The number of nitrogens with one attached hydrogen (secondary N) is 1. The highest BCUT2D eigenvalue weighted by Gasteiger charge is 2.33. The van der Waals surface area contributed by atoms with Gasteiger partial charge in [-0.3, -0.25) is 0 Å². The van der Waals surface area contributed by atoms with Gasteiger partial charge in [-0.2, -0.15) is 13.2 Å². The van der Waals surface area contributed by atoms with Crippen molar-refractivity contribution in [1.29, 1.82) is 0 Å². The lowest BCUT2D eigenvalue weighted by Crippen LogP contribution is -2.21. The molecule has 0 spiro atoms. The number of benzene rings is 2. The zero-order valence-electron chi connectivity index (χ0n) is 17.1. The molecule has 2 heterocycles. The highest BCUT2D eigenvalue weighted by Crippen LogP contribution is 2.38. The molecule has 0 saturated carbocycles. The number of hydrogen-bond acceptors (Lipinski definition) is 6. The highest BCUT2D eigenvalue weighted by atomic mass is 35.5. The first-order chi connectivity index (χ1) is 15.8.